The molecule has 0 aliphatic carbocycles. The van der Waals surface area contributed by atoms with Crippen molar-refractivity contribution in [3.05, 3.63) is 84.2 Å². The van der Waals surface area contributed by atoms with E-state index in [-0.39, 0.29) is 18.2 Å². The summed E-state index contributed by atoms with van der Waals surface area (Å²) in [6.45, 7) is 0.0918. The molecule has 8 heteroatoms. The molecule has 0 saturated carbocycles. The van der Waals surface area contributed by atoms with Crippen molar-refractivity contribution in [3.63, 3.8) is 0 Å². The Bertz CT molecular complexity index is 1020. The number of benzene rings is 2. The minimum atomic E-state index is -0.518. The van der Waals surface area contributed by atoms with Gasteiger partial charge in [0.05, 0.1) is 25.4 Å². The number of ether oxygens (including phenoxy) is 2. The van der Waals surface area contributed by atoms with Crippen LogP contribution in [0.3, 0.4) is 0 Å². The zero-order chi connectivity index (χ0) is 21.2. The Kier molecular flexibility index (Phi) is 7.10. The molecule has 0 aliphatic rings. The van der Waals surface area contributed by atoms with Crippen LogP contribution >= 0.6 is 0 Å². The van der Waals surface area contributed by atoms with Gasteiger partial charge in [-0.15, -0.1) is 0 Å². The van der Waals surface area contributed by atoms with Crippen LogP contribution in [0.15, 0.2) is 78.2 Å². The van der Waals surface area contributed by atoms with E-state index in [0.717, 1.165) is 5.69 Å². The number of rotatable bonds is 8. The summed E-state index contributed by atoms with van der Waals surface area (Å²) in [6.07, 6.45) is 4.49. The van der Waals surface area contributed by atoms with Crippen LogP contribution in [0.25, 0.3) is 0 Å². The molecule has 0 spiro atoms. The van der Waals surface area contributed by atoms with Gasteiger partial charge in [-0.05, 0) is 48.0 Å². The lowest BCUT2D eigenvalue weighted by Crippen LogP contribution is -2.25. The van der Waals surface area contributed by atoms with E-state index in [1.165, 1.54) is 25.7 Å². The van der Waals surface area contributed by atoms with Crippen molar-refractivity contribution < 1.29 is 19.1 Å². The van der Waals surface area contributed by atoms with Gasteiger partial charge in [0, 0.05) is 18.1 Å². The maximum absolute atomic E-state index is 12.2. The summed E-state index contributed by atoms with van der Waals surface area (Å²) in [5, 5.41) is 6.92. The molecule has 0 saturated heterocycles. The highest BCUT2D eigenvalue weighted by Gasteiger charge is 2.12. The van der Waals surface area contributed by atoms with Crippen LogP contribution in [0.2, 0.25) is 0 Å². The third-order valence-electron chi connectivity index (χ3n) is 3.94. The van der Waals surface area contributed by atoms with Gasteiger partial charge in [-0.3, -0.25) is 9.78 Å². The van der Waals surface area contributed by atoms with Crippen molar-refractivity contribution in [1.82, 2.24) is 10.4 Å². The van der Waals surface area contributed by atoms with Crippen LogP contribution in [-0.4, -0.2) is 36.7 Å². The molecule has 3 aromatic rings. The first kappa shape index (κ1) is 20.5. The molecule has 1 amide bonds. The number of hydrazone groups is 1. The Morgan fingerprint density at radius 3 is 2.53 bits per heavy atom. The van der Waals surface area contributed by atoms with Gasteiger partial charge in [0.2, 0.25) is 0 Å². The third kappa shape index (κ3) is 5.90. The largest absolute Gasteiger partial charge is 0.493 e. The van der Waals surface area contributed by atoms with Crippen LogP contribution in [0.4, 0.5) is 5.69 Å². The molecule has 152 valence electrons. The Morgan fingerprint density at radius 1 is 1.03 bits per heavy atom. The third-order valence-corrected chi connectivity index (χ3v) is 3.94. The van der Waals surface area contributed by atoms with E-state index in [2.05, 4.69) is 20.8 Å². The number of carbonyl (C=O) groups excluding carboxylic acids is 2. The van der Waals surface area contributed by atoms with Gasteiger partial charge >= 0.3 is 5.97 Å². The van der Waals surface area contributed by atoms with Crippen molar-refractivity contribution in [2.45, 2.75) is 0 Å². The van der Waals surface area contributed by atoms with Crippen molar-refractivity contribution in [3.8, 4) is 11.5 Å². The second-order valence-electron chi connectivity index (χ2n) is 6.05. The summed E-state index contributed by atoms with van der Waals surface area (Å²) < 4.78 is 10.7. The molecule has 3 rings (SSSR count). The van der Waals surface area contributed by atoms with Crippen LogP contribution in [0, 0.1) is 0 Å². The van der Waals surface area contributed by atoms with Crippen molar-refractivity contribution in [2.24, 2.45) is 5.10 Å². The van der Waals surface area contributed by atoms with Gasteiger partial charge in [-0.2, -0.15) is 5.10 Å². The Hall–Kier alpha value is -4.20. The van der Waals surface area contributed by atoms with E-state index in [4.69, 9.17) is 9.47 Å². The summed E-state index contributed by atoms with van der Waals surface area (Å²) >= 11 is 0. The number of carbonyl (C=O) groups is 2. The molecule has 0 unspecified atom stereocenters. The number of hydrogen-bond acceptors (Lipinski definition) is 7. The van der Waals surface area contributed by atoms with Crippen LogP contribution in [-0.2, 0) is 4.79 Å². The summed E-state index contributed by atoms with van der Waals surface area (Å²) in [7, 11) is 1.47. The first-order valence-corrected chi connectivity index (χ1v) is 9.07. The van der Waals surface area contributed by atoms with E-state index in [9.17, 15) is 9.59 Å². The molecule has 8 nitrogen and oxygen atoms in total. The number of esters is 1. The van der Waals surface area contributed by atoms with Gasteiger partial charge in [-0.25, -0.2) is 10.2 Å². The fourth-order valence-corrected chi connectivity index (χ4v) is 2.45. The molecular formula is C22H20N4O4. The Balaban J connectivity index is 1.56. The topological polar surface area (TPSA) is 102 Å². The molecule has 0 radical (unpaired) electrons. The Morgan fingerprint density at radius 2 is 1.80 bits per heavy atom. The maximum atomic E-state index is 12.2. The second kappa shape index (κ2) is 10.4. The van der Waals surface area contributed by atoms with E-state index in [1.807, 2.05) is 30.3 Å². The number of hydrogen-bond donors (Lipinski definition) is 2. The number of para-hydroxylation sites is 1. The highest BCUT2D eigenvalue weighted by atomic mass is 16.6. The van der Waals surface area contributed by atoms with E-state index >= 15 is 0 Å². The lowest BCUT2D eigenvalue weighted by atomic mass is 10.2. The number of nitrogens with zero attached hydrogens (tertiary/aromatic N) is 2. The average Bonchev–Trinajstić information content (AvgIpc) is 2.79. The number of nitrogens with one attached hydrogen (secondary N) is 2. The fourth-order valence-electron chi connectivity index (χ4n) is 2.45. The zero-order valence-corrected chi connectivity index (χ0v) is 16.2. The molecular weight excluding hydrogens is 384 g/mol. The first-order chi connectivity index (χ1) is 14.7. The number of aromatic nitrogens is 1. The minimum Gasteiger partial charge on any atom is -0.493 e. The molecule has 0 fully saturated rings. The van der Waals surface area contributed by atoms with Crippen molar-refractivity contribution >= 4 is 23.8 Å². The quantitative estimate of drug-likeness (QED) is 0.259. The SMILES string of the molecule is COc1cc(/C=N\NC(=O)CNc2ccccc2)ccc1OC(=O)c1ccncc1. The maximum Gasteiger partial charge on any atom is 0.343 e. The van der Waals surface area contributed by atoms with Crippen LogP contribution in [0.1, 0.15) is 15.9 Å². The molecule has 0 bridgehead atoms. The highest BCUT2D eigenvalue weighted by molar-refractivity contribution is 5.91. The van der Waals surface area contributed by atoms with Gasteiger partial charge in [-0.1, -0.05) is 18.2 Å². The summed E-state index contributed by atoms with van der Waals surface area (Å²) in [5.74, 6) is -0.175. The molecule has 1 aromatic heterocycles. The van der Waals surface area contributed by atoms with Crippen LogP contribution < -0.4 is 20.2 Å². The minimum absolute atomic E-state index is 0.0918. The summed E-state index contributed by atoms with van der Waals surface area (Å²) in [6, 6.07) is 17.4. The summed E-state index contributed by atoms with van der Waals surface area (Å²) in [5.41, 5.74) is 4.33. The van der Waals surface area contributed by atoms with Gasteiger partial charge in [0.15, 0.2) is 11.5 Å². The smallest absolute Gasteiger partial charge is 0.343 e. The molecule has 2 N–H and O–H groups in total. The number of anilines is 1. The second-order valence-corrected chi connectivity index (χ2v) is 6.05. The van der Waals surface area contributed by atoms with Gasteiger partial charge in [0.25, 0.3) is 5.91 Å². The average molecular weight is 404 g/mol. The van der Waals surface area contributed by atoms with E-state index in [0.29, 0.717) is 16.9 Å². The van der Waals surface area contributed by atoms with Gasteiger partial charge < -0.3 is 14.8 Å². The monoisotopic (exact) mass is 404 g/mol. The standard InChI is InChI=1S/C22H20N4O4/c1-29-20-13-16(7-8-19(20)30-22(28)17-9-11-23-12-10-17)14-25-26-21(27)15-24-18-5-3-2-4-6-18/h2-14,24H,15H2,1H3,(H,26,27)/b25-14-. The highest BCUT2D eigenvalue weighted by Crippen LogP contribution is 2.28. The number of pyridine rings is 1. The molecule has 2 aromatic carbocycles. The fraction of sp³-hybridized carbons (Fsp3) is 0.0909. The summed E-state index contributed by atoms with van der Waals surface area (Å²) in [4.78, 5) is 27.9. The normalized spacial score (nSPS) is 10.4. The molecule has 0 aliphatic heterocycles. The molecule has 30 heavy (non-hydrogen) atoms. The molecule has 0 atom stereocenters. The number of methoxy groups -OCH3 is 1. The first-order valence-electron chi connectivity index (χ1n) is 9.07. The lowest BCUT2D eigenvalue weighted by Gasteiger charge is -2.10. The predicted molar refractivity (Wildman–Crippen MR) is 113 cm³/mol. The molecule has 1 heterocycles. The zero-order valence-electron chi connectivity index (χ0n) is 16.2. The lowest BCUT2D eigenvalue weighted by molar-refractivity contribution is -0.119. The Labute approximate surface area is 173 Å². The predicted octanol–water partition coefficient (Wildman–Crippen LogP) is 2.87. The van der Waals surface area contributed by atoms with E-state index < -0.39 is 5.97 Å². The van der Waals surface area contributed by atoms with Gasteiger partial charge in [0.1, 0.15) is 0 Å². The number of amides is 1. The van der Waals surface area contributed by atoms with Crippen molar-refractivity contribution in [1.29, 1.82) is 0 Å². The van der Waals surface area contributed by atoms with E-state index in [1.54, 1.807) is 30.3 Å². The van der Waals surface area contributed by atoms with Crippen LogP contribution in [0.5, 0.6) is 11.5 Å². The van der Waals surface area contributed by atoms with Crippen molar-refractivity contribution in [2.75, 3.05) is 19.0 Å².